The van der Waals surface area contributed by atoms with E-state index in [1.165, 1.54) is 30.4 Å². The number of ketones is 1. The highest BCUT2D eigenvalue weighted by atomic mass is 32.1. The monoisotopic (exact) mass is 380 g/mol. The first-order valence-corrected chi connectivity index (χ1v) is 8.90. The number of hydrogen-bond donors (Lipinski definition) is 1. The molecule has 4 aromatic rings. The van der Waals surface area contributed by atoms with Crippen molar-refractivity contribution < 1.29 is 18.4 Å². The topological polar surface area (TPSA) is 72.2 Å². The number of carbonyl (C=O) groups is 2. The number of carbonyl (C=O) groups excluding carboxylic acids is 2. The summed E-state index contributed by atoms with van der Waals surface area (Å²) in [4.78, 5) is 28.0. The Balaban J connectivity index is 1.53. The molecule has 1 N–H and O–H groups in total. The van der Waals surface area contributed by atoms with Crippen molar-refractivity contribution in [1.29, 1.82) is 0 Å². The highest BCUT2D eigenvalue weighted by Crippen LogP contribution is 2.28. The Morgan fingerprint density at radius 2 is 1.85 bits per heavy atom. The van der Waals surface area contributed by atoms with Crippen LogP contribution >= 0.6 is 11.3 Å². The molecule has 7 heteroatoms. The third kappa shape index (κ3) is 3.50. The molecule has 0 fully saturated rings. The molecule has 0 radical (unpaired) electrons. The van der Waals surface area contributed by atoms with E-state index in [0.29, 0.717) is 26.7 Å². The van der Waals surface area contributed by atoms with Crippen LogP contribution in [-0.4, -0.2) is 16.7 Å². The van der Waals surface area contributed by atoms with Gasteiger partial charge in [0.1, 0.15) is 11.6 Å². The Morgan fingerprint density at radius 1 is 1.07 bits per heavy atom. The molecule has 27 heavy (non-hydrogen) atoms. The number of hydrogen-bond acceptors (Lipinski definition) is 5. The van der Waals surface area contributed by atoms with Crippen LogP contribution in [0.5, 0.6) is 0 Å². The number of halogens is 1. The van der Waals surface area contributed by atoms with Gasteiger partial charge in [-0.1, -0.05) is 35.6 Å². The highest BCUT2D eigenvalue weighted by Gasteiger charge is 2.15. The van der Waals surface area contributed by atoms with E-state index in [-0.39, 0.29) is 17.4 Å². The van der Waals surface area contributed by atoms with Crippen molar-refractivity contribution in [3.63, 3.8) is 0 Å². The molecule has 0 spiro atoms. The molecule has 0 saturated carbocycles. The van der Waals surface area contributed by atoms with Gasteiger partial charge in [-0.15, -0.1) is 0 Å². The number of benzene rings is 2. The molecule has 0 aliphatic carbocycles. The molecule has 2 aromatic carbocycles. The average molecular weight is 380 g/mol. The molecule has 0 bridgehead atoms. The third-order valence-corrected chi connectivity index (χ3v) is 4.91. The number of anilines is 1. The first kappa shape index (κ1) is 17.1. The van der Waals surface area contributed by atoms with Crippen LogP contribution in [0.25, 0.3) is 21.5 Å². The number of nitrogens with zero attached hydrogens (tertiary/aromatic N) is 1. The summed E-state index contributed by atoms with van der Waals surface area (Å²) in [5.41, 5.74) is 1.98. The van der Waals surface area contributed by atoms with E-state index >= 15 is 0 Å². The minimum absolute atomic E-state index is 0.0169. The van der Waals surface area contributed by atoms with Gasteiger partial charge in [-0.3, -0.25) is 14.9 Å². The van der Waals surface area contributed by atoms with Crippen molar-refractivity contribution in [2.24, 2.45) is 0 Å². The van der Waals surface area contributed by atoms with Crippen LogP contribution in [-0.2, 0) is 0 Å². The Morgan fingerprint density at radius 3 is 2.59 bits per heavy atom. The highest BCUT2D eigenvalue weighted by molar-refractivity contribution is 7.22. The van der Waals surface area contributed by atoms with Crippen molar-refractivity contribution in [2.45, 2.75) is 6.92 Å². The number of fused-ring (bicyclic) bond motifs is 1. The summed E-state index contributed by atoms with van der Waals surface area (Å²) in [6.07, 6.45) is 0. The van der Waals surface area contributed by atoms with Gasteiger partial charge in [0.25, 0.3) is 5.91 Å². The van der Waals surface area contributed by atoms with Gasteiger partial charge >= 0.3 is 0 Å². The smallest absolute Gasteiger partial charge is 0.293 e. The largest absolute Gasteiger partial charge is 0.451 e. The fourth-order valence-corrected chi connectivity index (χ4v) is 3.48. The molecule has 0 aliphatic heterocycles. The molecule has 0 unspecified atom stereocenters. The standard InChI is InChI=1S/C20H13FN2O3S/c1-11(24)12-2-4-13(5-3-12)16-8-9-17(26-16)19(25)23-20-22-15-7-6-14(21)10-18(15)27-20/h2-10H,1H3,(H,22,23,25). The van der Waals surface area contributed by atoms with E-state index in [4.69, 9.17) is 4.42 Å². The van der Waals surface area contributed by atoms with Crippen molar-refractivity contribution in [1.82, 2.24) is 4.98 Å². The van der Waals surface area contributed by atoms with Crippen molar-refractivity contribution in [2.75, 3.05) is 5.32 Å². The molecule has 0 atom stereocenters. The number of Topliss-reactive ketones (excluding diaryl/α,β-unsaturated/α-hetero) is 1. The molecule has 5 nitrogen and oxygen atoms in total. The van der Waals surface area contributed by atoms with Crippen LogP contribution in [0.3, 0.4) is 0 Å². The van der Waals surface area contributed by atoms with Gasteiger partial charge in [-0.2, -0.15) is 0 Å². The van der Waals surface area contributed by atoms with Crippen LogP contribution in [0, 0.1) is 5.82 Å². The minimum atomic E-state index is -0.443. The van der Waals surface area contributed by atoms with Gasteiger partial charge in [0.15, 0.2) is 16.7 Å². The zero-order chi connectivity index (χ0) is 19.0. The van der Waals surface area contributed by atoms with Crippen LogP contribution < -0.4 is 5.32 Å². The lowest BCUT2D eigenvalue weighted by Gasteiger charge is -2.00. The zero-order valence-corrected chi connectivity index (χ0v) is 15.0. The summed E-state index contributed by atoms with van der Waals surface area (Å²) in [5, 5.41) is 3.03. The van der Waals surface area contributed by atoms with Crippen molar-refractivity contribution >= 4 is 38.4 Å². The van der Waals surface area contributed by atoms with Gasteiger partial charge in [-0.25, -0.2) is 9.37 Å². The molecular weight excluding hydrogens is 367 g/mol. The molecule has 2 heterocycles. The van der Waals surface area contributed by atoms with Crippen LogP contribution in [0.2, 0.25) is 0 Å². The first-order chi connectivity index (χ1) is 13.0. The van der Waals surface area contributed by atoms with Crippen molar-refractivity contribution in [3.8, 4) is 11.3 Å². The summed E-state index contributed by atoms with van der Waals surface area (Å²) in [6.45, 7) is 1.50. The van der Waals surface area contributed by atoms with E-state index in [0.717, 1.165) is 5.56 Å². The Labute approximate surface area is 157 Å². The molecular formula is C20H13FN2O3S. The maximum absolute atomic E-state index is 13.3. The number of thiazole rings is 1. The summed E-state index contributed by atoms with van der Waals surface area (Å²) in [6, 6.07) is 14.5. The van der Waals surface area contributed by atoms with E-state index < -0.39 is 5.91 Å². The Hall–Kier alpha value is -3.32. The second-order valence-electron chi connectivity index (χ2n) is 5.88. The Kier molecular flexibility index (Phi) is 4.29. The third-order valence-electron chi connectivity index (χ3n) is 3.98. The van der Waals surface area contributed by atoms with E-state index in [1.54, 1.807) is 42.5 Å². The van der Waals surface area contributed by atoms with Crippen LogP contribution in [0.4, 0.5) is 9.52 Å². The minimum Gasteiger partial charge on any atom is -0.451 e. The van der Waals surface area contributed by atoms with Crippen molar-refractivity contribution in [3.05, 3.63) is 71.7 Å². The normalized spacial score (nSPS) is 10.9. The lowest BCUT2D eigenvalue weighted by atomic mass is 10.1. The van der Waals surface area contributed by atoms with Gasteiger partial charge in [0.2, 0.25) is 0 Å². The number of furan rings is 1. The van der Waals surface area contributed by atoms with E-state index in [9.17, 15) is 14.0 Å². The fourth-order valence-electron chi connectivity index (χ4n) is 2.59. The van der Waals surface area contributed by atoms with Crippen LogP contribution in [0.1, 0.15) is 27.8 Å². The van der Waals surface area contributed by atoms with Gasteiger partial charge in [-0.05, 0) is 37.3 Å². The molecule has 134 valence electrons. The summed E-state index contributed by atoms with van der Waals surface area (Å²) < 4.78 is 19.5. The summed E-state index contributed by atoms with van der Waals surface area (Å²) >= 11 is 1.19. The number of rotatable bonds is 4. The zero-order valence-electron chi connectivity index (χ0n) is 14.2. The number of aromatic nitrogens is 1. The molecule has 0 saturated heterocycles. The second kappa shape index (κ2) is 6.77. The van der Waals surface area contributed by atoms with Gasteiger partial charge in [0.05, 0.1) is 10.2 Å². The van der Waals surface area contributed by atoms with Gasteiger partial charge < -0.3 is 4.42 Å². The molecule has 4 rings (SSSR count). The quantitative estimate of drug-likeness (QED) is 0.497. The lowest BCUT2D eigenvalue weighted by Crippen LogP contribution is -2.10. The Bertz CT molecular complexity index is 1160. The fraction of sp³-hybridized carbons (Fsp3) is 0.0500. The SMILES string of the molecule is CC(=O)c1ccc(-c2ccc(C(=O)Nc3nc4ccc(F)cc4s3)o2)cc1. The summed E-state index contributed by atoms with van der Waals surface area (Å²) in [5.74, 6) is -0.166. The first-order valence-electron chi connectivity index (χ1n) is 8.08. The molecule has 0 aliphatic rings. The number of amides is 1. The van der Waals surface area contributed by atoms with Crippen LogP contribution in [0.15, 0.2) is 59.0 Å². The lowest BCUT2D eigenvalue weighted by molar-refractivity contribution is 0.0994. The average Bonchev–Trinajstić information content (AvgIpc) is 3.28. The maximum atomic E-state index is 13.3. The number of nitrogens with one attached hydrogen (secondary N) is 1. The molecule has 2 aromatic heterocycles. The van der Waals surface area contributed by atoms with Gasteiger partial charge in [0, 0.05) is 11.1 Å². The molecule has 1 amide bonds. The summed E-state index contributed by atoms with van der Waals surface area (Å²) in [7, 11) is 0. The van der Waals surface area contributed by atoms with E-state index in [1.807, 2.05) is 0 Å². The predicted octanol–water partition coefficient (Wildman–Crippen LogP) is 5.15. The maximum Gasteiger partial charge on any atom is 0.293 e. The second-order valence-corrected chi connectivity index (χ2v) is 6.91. The van der Waals surface area contributed by atoms with E-state index in [2.05, 4.69) is 10.3 Å². The predicted molar refractivity (Wildman–Crippen MR) is 102 cm³/mol.